The number of fused-ring (bicyclic) bond motifs is 1. The monoisotopic (exact) mass is 271 g/mol. The Morgan fingerprint density at radius 2 is 2.15 bits per heavy atom. The van der Waals surface area contributed by atoms with Gasteiger partial charge in [-0.15, -0.1) is 0 Å². The van der Waals surface area contributed by atoms with Crippen molar-refractivity contribution in [3.63, 3.8) is 0 Å². The molecule has 3 rings (SSSR count). The highest BCUT2D eigenvalue weighted by molar-refractivity contribution is 5.90. The molecule has 1 aromatic carbocycles. The number of rotatable bonds is 5. The smallest absolute Gasteiger partial charge is 0.160 e. The number of carbonyl (C=O) groups excluding carboxylic acids is 1. The van der Waals surface area contributed by atoms with Crippen LogP contribution in [0.25, 0.3) is 11.0 Å². The van der Waals surface area contributed by atoms with Gasteiger partial charge in [0.05, 0.1) is 23.0 Å². The molecule has 1 aliphatic carbocycles. The van der Waals surface area contributed by atoms with Crippen LogP contribution in [0, 0.1) is 5.92 Å². The minimum absolute atomic E-state index is 0.102. The van der Waals surface area contributed by atoms with Gasteiger partial charge in [0.1, 0.15) is 5.82 Å². The number of carbonyl (C=O) groups is 1. The lowest BCUT2D eigenvalue weighted by Gasteiger charge is -2.22. The van der Waals surface area contributed by atoms with Crippen LogP contribution >= 0.6 is 0 Å². The molecule has 106 valence electrons. The number of hydrogen-bond donors (Lipinski definition) is 1. The highest BCUT2D eigenvalue weighted by Crippen LogP contribution is 2.39. The second-order valence-electron chi connectivity index (χ2n) is 5.92. The van der Waals surface area contributed by atoms with Gasteiger partial charge in [0.2, 0.25) is 0 Å². The van der Waals surface area contributed by atoms with E-state index in [1.54, 1.807) is 0 Å². The van der Waals surface area contributed by atoms with E-state index in [1.165, 1.54) is 0 Å². The molecule has 0 amide bonds. The number of benzene rings is 1. The van der Waals surface area contributed by atoms with E-state index >= 15 is 0 Å². The SMILES string of the molecule is CCn1c(CC(=O)C(C)(N)C2CC2)nc2ccccc21. The summed E-state index contributed by atoms with van der Waals surface area (Å²) in [6, 6.07) is 8.00. The fourth-order valence-corrected chi connectivity index (χ4v) is 2.86. The Balaban J connectivity index is 1.92. The molecule has 0 bridgehead atoms. The molecule has 0 spiro atoms. The maximum atomic E-state index is 12.5. The van der Waals surface area contributed by atoms with Gasteiger partial charge in [0.15, 0.2) is 5.78 Å². The molecule has 1 fully saturated rings. The molecule has 1 aromatic heterocycles. The minimum atomic E-state index is -0.698. The van der Waals surface area contributed by atoms with Gasteiger partial charge >= 0.3 is 0 Å². The number of Topliss-reactive ketones (excluding diaryl/α,β-unsaturated/α-hetero) is 1. The summed E-state index contributed by atoms with van der Waals surface area (Å²) in [5.41, 5.74) is 7.55. The van der Waals surface area contributed by atoms with Crippen LogP contribution < -0.4 is 5.73 Å². The minimum Gasteiger partial charge on any atom is -0.328 e. The van der Waals surface area contributed by atoms with Gasteiger partial charge in [-0.3, -0.25) is 4.79 Å². The average Bonchev–Trinajstić information content (AvgIpc) is 3.21. The van der Waals surface area contributed by atoms with Gasteiger partial charge in [0.25, 0.3) is 0 Å². The summed E-state index contributed by atoms with van der Waals surface area (Å²) in [6.45, 7) is 4.75. The van der Waals surface area contributed by atoms with Crippen LogP contribution in [0.2, 0.25) is 0 Å². The van der Waals surface area contributed by atoms with Gasteiger partial charge in [-0.1, -0.05) is 12.1 Å². The van der Waals surface area contributed by atoms with Crippen molar-refractivity contribution in [2.24, 2.45) is 11.7 Å². The maximum Gasteiger partial charge on any atom is 0.160 e. The molecule has 4 nitrogen and oxygen atoms in total. The molecule has 1 atom stereocenters. The molecule has 0 radical (unpaired) electrons. The van der Waals surface area contributed by atoms with Crippen molar-refractivity contribution in [1.29, 1.82) is 0 Å². The zero-order valence-electron chi connectivity index (χ0n) is 12.1. The Kier molecular flexibility index (Phi) is 3.13. The van der Waals surface area contributed by atoms with E-state index in [1.807, 2.05) is 31.2 Å². The van der Waals surface area contributed by atoms with E-state index in [0.29, 0.717) is 12.3 Å². The number of aryl methyl sites for hydroxylation is 1. The van der Waals surface area contributed by atoms with Crippen LogP contribution in [0.5, 0.6) is 0 Å². The summed E-state index contributed by atoms with van der Waals surface area (Å²) in [5, 5.41) is 0. The Morgan fingerprint density at radius 1 is 1.45 bits per heavy atom. The summed E-state index contributed by atoms with van der Waals surface area (Å²) in [7, 11) is 0. The molecule has 1 saturated carbocycles. The second-order valence-corrected chi connectivity index (χ2v) is 5.92. The summed E-state index contributed by atoms with van der Waals surface area (Å²) in [4.78, 5) is 17.1. The molecule has 20 heavy (non-hydrogen) atoms. The van der Waals surface area contributed by atoms with Crippen molar-refractivity contribution >= 4 is 16.8 Å². The quantitative estimate of drug-likeness (QED) is 0.907. The fourth-order valence-electron chi connectivity index (χ4n) is 2.86. The van der Waals surface area contributed by atoms with E-state index < -0.39 is 5.54 Å². The lowest BCUT2D eigenvalue weighted by molar-refractivity contribution is -0.123. The van der Waals surface area contributed by atoms with Crippen LogP contribution in [-0.4, -0.2) is 20.9 Å². The molecule has 4 heteroatoms. The zero-order valence-corrected chi connectivity index (χ0v) is 12.1. The van der Waals surface area contributed by atoms with E-state index in [9.17, 15) is 4.79 Å². The largest absolute Gasteiger partial charge is 0.328 e. The third-order valence-electron chi connectivity index (χ3n) is 4.39. The second kappa shape index (κ2) is 4.70. The first-order valence-corrected chi connectivity index (χ1v) is 7.30. The lowest BCUT2D eigenvalue weighted by atomic mass is 9.90. The van der Waals surface area contributed by atoms with Crippen LogP contribution in [0.1, 0.15) is 32.5 Å². The zero-order chi connectivity index (χ0) is 14.3. The maximum absolute atomic E-state index is 12.5. The third kappa shape index (κ3) is 2.14. The number of ketones is 1. The van der Waals surface area contributed by atoms with Crippen LogP contribution in [0.4, 0.5) is 0 Å². The predicted molar refractivity (Wildman–Crippen MR) is 79.4 cm³/mol. The van der Waals surface area contributed by atoms with E-state index in [-0.39, 0.29) is 5.78 Å². The highest BCUT2D eigenvalue weighted by atomic mass is 16.1. The van der Waals surface area contributed by atoms with Gasteiger partial charge in [-0.25, -0.2) is 4.98 Å². The normalized spacial score (nSPS) is 18.1. The first kappa shape index (κ1) is 13.3. The fraction of sp³-hybridized carbons (Fsp3) is 0.500. The number of imidazole rings is 1. The topological polar surface area (TPSA) is 60.9 Å². The molecular formula is C16H21N3O. The van der Waals surface area contributed by atoms with Crippen molar-refractivity contribution in [3.05, 3.63) is 30.1 Å². The van der Waals surface area contributed by atoms with E-state index in [0.717, 1.165) is 36.2 Å². The lowest BCUT2D eigenvalue weighted by Crippen LogP contribution is -2.48. The molecule has 0 saturated heterocycles. The standard InChI is InChI=1S/C16H21N3O/c1-3-19-13-7-5-4-6-12(13)18-15(19)10-14(20)16(2,17)11-8-9-11/h4-7,11H,3,8-10,17H2,1-2H3. The van der Waals surface area contributed by atoms with Crippen molar-refractivity contribution in [3.8, 4) is 0 Å². The van der Waals surface area contributed by atoms with Crippen LogP contribution in [0.3, 0.4) is 0 Å². The molecule has 1 aliphatic rings. The first-order valence-electron chi connectivity index (χ1n) is 7.30. The number of nitrogens with zero attached hydrogens (tertiary/aromatic N) is 2. The Morgan fingerprint density at radius 3 is 2.80 bits per heavy atom. The van der Waals surface area contributed by atoms with Crippen LogP contribution in [0.15, 0.2) is 24.3 Å². The molecule has 2 aromatic rings. The number of hydrogen-bond acceptors (Lipinski definition) is 3. The third-order valence-corrected chi connectivity index (χ3v) is 4.39. The molecule has 1 unspecified atom stereocenters. The Bertz CT molecular complexity index is 653. The Hall–Kier alpha value is -1.68. The van der Waals surface area contributed by atoms with Crippen molar-refractivity contribution in [2.75, 3.05) is 0 Å². The van der Waals surface area contributed by atoms with E-state index in [4.69, 9.17) is 5.73 Å². The summed E-state index contributed by atoms with van der Waals surface area (Å²) in [6.07, 6.45) is 2.47. The molecule has 2 N–H and O–H groups in total. The van der Waals surface area contributed by atoms with Crippen LogP contribution in [-0.2, 0) is 17.8 Å². The summed E-state index contributed by atoms with van der Waals surface area (Å²) in [5.74, 6) is 1.29. The number of para-hydroxylation sites is 2. The van der Waals surface area contributed by atoms with E-state index in [2.05, 4.69) is 16.5 Å². The Labute approximate surface area is 119 Å². The number of aromatic nitrogens is 2. The summed E-state index contributed by atoms with van der Waals surface area (Å²) < 4.78 is 2.11. The van der Waals surface area contributed by atoms with Crippen molar-refractivity contribution in [1.82, 2.24) is 9.55 Å². The average molecular weight is 271 g/mol. The van der Waals surface area contributed by atoms with Crippen molar-refractivity contribution in [2.45, 2.75) is 45.2 Å². The van der Waals surface area contributed by atoms with Gasteiger partial charge in [0, 0.05) is 6.54 Å². The highest BCUT2D eigenvalue weighted by Gasteiger charge is 2.43. The number of nitrogens with two attached hydrogens (primary N) is 1. The molecule has 0 aliphatic heterocycles. The van der Waals surface area contributed by atoms with Gasteiger partial charge in [-0.2, -0.15) is 0 Å². The van der Waals surface area contributed by atoms with Gasteiger partial charge in [-0.05, 0) is 44.7 Å². The molecule has 1 heterocycles. The predicted octanol–water partition coefficient (Wildman–Crippen LogP) is 2.30. The summed E-state index contributed by atoms with van der Waals surface area (Å²) >= 11 is 0. The van der Waals surface area contributed by atoms with Gasteiger partial charge < -0.3 is 10.3 Å². The first-order chi connectivity index (χ1) is 9.54. The molecular weight excluding hydrogens is 250 g/mol. The van der Waals surface area contributed by atoms with Crippen molar-refractivity contribution < 1.29 is 4.79 Å².